The van der Waals surface area contributed by atoms with E-state index in [9.17, 15) is 4.79 Å². The van der Waals surface area contributed by atoms with E-state index in [2.05, 4.69) is 35.9 Å². The number of fused-ring (bicyclic) bond motifs is 3. The third-order valence-electron chi connectivity index (χ3n) is 8.61. The topological polar surface area (TPSA) is 39.7 Å². The first-order chi connectivity index (χ1) is 14.5. The van der Waals surface area contributed by atoms with Crippen LogP contribution < -0.4 is 9.80 Å². The van der Waals surface area contributed by atoms with E-state index in [-0.39, 0.29) is 11.9 Å². The smallest absolute Gasteiger partial charge is 0.250 e. The summed E-state index contributed by atoms with van der Waals surface area (Å²) in [5.41, 5.74) is 3.00. The SMILES string of the molecule is CC(C)N1CCN2c3ncc(CCC4CCC5(CCCC5)C4)cc3N(C)C(=O)C2C1. The number of aromatic nitrogens is 1. The van der Waals surface area contributed by atoms with Gasteiger partial charge in [-0.1, -0.05) is 12.8 Å². The van der Waals surface area contributed by atoms with E-state index in [0.717, 1.165) is 43.5 Å². The van der Waals surface area contributed by atoms with Crippen molar-refractivity contribution >= 4 is 17.4 Å². The van der Waals surface area contributed by atoms with Crippen molar-refractivity contribution in [1.82, 2.24) is 9.88 Å². The number of rotatable bonds is 4. The first-order valence-corrected chi connectivity index (χ1v) is 12.2. The Bertz CT molecular complexity index is 800. The highest BCUT2D eigenvalue weighted by Crippen LogP contribution is 2.53. The van der Waals surface area contributed by atoms with E-state index in [1.807, 2.05) is 11.9 Å². The summed E-state index contributed by atoms with van der Waals surface area (Å²) in [6.07, 6.45) is 14.6. The number of nitrogens with zero attached hydrogens (tertiary/aromatic N) is 4. The summed E-state index contributed by atoms with van der Waals surface area (Å²) in [7, 11) is 1.93. The lowest BCUT2D eigenvalue weighted by molar-refractivity contribution is -0.121. The molecule has 3 fully saturated rings. The summed E-state index contributed by atoms with van der Waals surface area (Å²) < 4.78 is 0. The van der Waals surface area contributed by atoms with Gasteiger partial charge in [0, 0.05) is 38.9 Å². The van der Waals surface area contributed by atoms with Crippen LogP contribution in [0.4, 0.5) is 11.5 Å². The molecule has 0 N–H and O–H groups in total. The molecule has 5 heteroatoms. The summed E-state index contributed by atoms with van der Waals surface area (Å²) >= 11 is 0. The number of carbonyl (C=O) groups excluding carboxylic acids is 1. The molecule has 2 saturated carbocycles. The van der Waals surface area contributed by atoms with Crippen molar-refractivity contribution in [2.24, 2.45) is 11.3 Å². The summed E-state index contributed by atoms with van der Waals surface area (Å²) in [6.45, 7) is 7.10. The lowest BCUT2D eigenvalue weighted by atomic mass is 9.83. The minimum atomic E-state index is -0.0990. The molecule has 0 radical (unpaired) electrons. The Labute approximate surface area is 181 Å². The number of amides is 1. The van der Waals surface area contributed by atoms with Crippen molar-refractivity contribution in [3.05, 3.63) is 17.8 Å². The van der Waals surface area contributed by atoms with Crippen molar-refractivity contribution in [3.63, 3.8) is 0 Å². The van der Waals surface area contributed by atoms with Crippen LogP contribution >= 0.6 is 0 Å². The van der Waals surface area contributed by atoms with Gasteiger partial charge < -0.3 is 9.80 Å². The maximum absolute atomic E-state index is 13.1. The van der Waals surface area contributed by atoms with Crippen molar-refractivity contribution in [1.29, 1.82) is 0 Å². The molecule has 2 aliphatic carbocycles. The number of piperazine rings is 1. The van der Waals surface area contributed by atoms with Gasteiger partial charge in [0.15, 0.2) is 5.82 Å². The van der Waals surface area contributed by atoms with E-state index in [1.54, 1.807) is 0 Å². The molecule has 1 saturated heterocycles. The first-order valence-electron chi connectivity index (χ1n) is 12.2. The second-order valence-corrected chi connectivity index (χ2v) is 10.7. The lowest BCUT2D eigenvalue weighted by Gasteiger charge is -2.47. The van der Waals surface area contributed by atoms with Crippen molar-refractivity contribution < 1.29 is 4.79 Å². The van der Waals surface area contributed by atoms with Crippen LogP contribution in [0.5, 0.6) is 0 Å². The number of aryl methyl sites for hydroxylation is 1. The molecular weight excluding hydrogens is 372 g/mol. The zero-order valence-corrected chi connectivity index (χ0v) is 19.1. The van der Waals surface area contributed by atoms with E-state index < -0.39 is 0 Å². The largest absolute Gasteiger partial charge is 0.340 e. The molecule has 0 aromatic carbocycles. The molecule has 5 rings (SSSR count). The Morgan fingerprint density at radius 1 is 1.20 bits per heavy atom. The minimum Gasteiger partial charge on any atom is -0.340 e. The fourth-order valence-electron chi connectivity index (χ4n) is 6.70. The third-order valence-corrected chi connectivity index (χ3v) is 8.61. The van der Waals surface area contributed by atoms with Crippen LogP contribution in [0.1, 0.15) is 70.8 Å². The van der Waals surface area contributed by atoms with Crippen molar-refractivity contribution in [3.8, 4) is 0 Å². The number of likely N-dealkylation sites (N-methyl/N-ethyl adjacent to an activating group) is 1. The van der Waals surface area contributed by atoms with Crippen LogP contribution in [0.2, 0.25) is 0 Å². The van der Waals surface area contributed by atoms with Crippen LogP contribution in [-0.2, 0) is 11.2 Å². The standard InChI is InChI=1S/C25H38N4O/c1-18(2)28-12-13-29-22(17-28)24(30)27(3)21-14-20(16-26-23(21)29)7-6-19-8-11-25(15-19)9-4-5-10-25/h14,16,18-19,22H,4-13,15,17H2,1-3H3. The van der Waals surface area contributed by atoms with Gasteiger partial charge in [0.1, 0.15) is 6.04 Å². The van der Waals surface area contributed by atoms with Gasteiger partial charge in [-0.05, 0) is 81.8 Å². The number of carbonyl (C=O) groups is 1. The lowest BCUT2D eigenvalue weighted by Crippen LogP contribution is -2.63. The molecule has 30 heavy (non-hydrogen) atoms. The zero-order valence-electron chi connectivity index (χ0n) is 19.1. The molecule has 5 nitrogen and oxygen atoms in total. The Morgan fingerprint density at radius 3 is 2.77 bits per heavy atom. The number of hydrogen-bond acceptors (Lipinski definition) is 4. The molecule has 4 aliphatic rings. The van der Waals surface area contributed by atoms with E-state index in [1.165, 1.54) is 56.9 Å². The minimum absolute atomic E-state index is 0.0990. The van der Waals surface area contributed by atoms with Gasteiger partial charge in [0.05, 0.1) is 5.69 Å². The van der Waals surface area contributed by atoms with Crippen LogP contribution in [0.15, 0.2) is 12.3 Å². The van der Waals surface area contributed by atoms with Crippen LogP contribution in [0.3, 0.4) is 0 Å². The normalized spacial score (nSPS) is 28.5. The van der Waals surface area contributed by atoms with Crippen molar-refractivity contribution in [2.75, 3.05) is 36.5 Å². The van der Waals surface area contributed by atoms with Gasteiger partial charge in [0.25, 0.3) is 5.91 Å². The Balaban J connectivity index is 1.28. The molecule has 164 valence electrons. The predicted molar refractivity (Wildman–Crippen MR) is 122 cm³/mol. The first kappa shape index (κ1) is 20.3. The maximum Gasteiger partial charge on any atom is 0.250 e. The van der Waals surface area contributed by atoms with Gasteiger partial charge in [-0.25, -0.2) is 4.98 Å². The monoisotopic (exact) mass is 410 g/mol. The zero-order chi connectivity index (χ0) is 20.9. The highest BCUT2D eigenvalue weighted by Gasteiger charge is 2.42. The Kier molecular flexibility index (Phi) is 5.29. The van der Waals surface area contributed by atoms with E-state index in [0.29, 0.717) is 11.5 Å². The van der Waals surface area contributed by atoms with Crippen molar-refractivity contribution in [2.45, 2.75) is 83.7 Å². The summed E-state index contributed by atoms with van der Waals surface area (Å²) in [5.74, 6) is 2.10. The predicted octanol–water partition coefficient (Wildman–Crippen LogP) is 4.25. The molecule has 1 spiro atoms. The Morgan fingerprint density at radius 2 is 2.00 bits per heavy atom. The van der Waals surface area contributed by atoms with Gasteiger partial charge in [-0.2, -0.15) is 0 Å². The van der Waals surface area contributed by atoms with E-state index in [4.69, 9.17) is 4.98 Å². The molecule has 2 unspecified atom stereocenters. The second-order valence-electron chi connectivity index (χ2n) is 10.7. The van der Waals surface area contributed by atoms with E-state index >= 15 is 0 Å². The molecule has 0 bridgehead atoms. The number of pyridine rings is 1. The molecule has 1 aromatic heterocycles. The molecule has 3 heterocycles. The number of anilines is 2. The fourth-order valence-corrected chi connectivity index (χ4v) is 6.70. The van der Waals surface area contributed by atoms with Crippen LogP contribution in [0.25, 0.3) is 0 Å². The van der Waals surface area contributed by atoms with Gasteiger partial charge in [-0.15, -0.1) is 0 Å². The summed E-state index contributed by atoms with van der Waals surface area (Å²) in [6, 6.07) is 2.62. The molecular formula is C25H38N4O. The highest BCUT2D eigenvalue weighted by atomic mass is 16.2. The average Bonchev–Trinajstić information content (AvgIpc) is 3.39. The quantitative estimate of drug-likeness (QED) is 0.744. The fraction of sp³-hybridized carbons (Fsp3) is 0.760. The maximum atomic E-state index is 13.1. The van der Waals surface area contributed by atoms with Gasteiger partial charge in [0.2, 0.25) is 0 Å². The van der Waals surface area contributed by atoms with Gasteiger partial charge in [-0.3, -0.25) is 9.69 Å². The van der Waals surface area contributed by atoms with Crippen LogP contribution in [0, 0.1) is 11.3 Å². The third kappa shape index (κ3) is 3.53. The average molecular weight is 411 g/mol. The molecule has 2 atom stereocenters. The van der Waals surface area contributed by atoms with Gasteiger partial charge >= 0.3 is 0 Å². The summed E-state index contributed by atoms with van der Waals surface area (Å²) in [5, 5.41) is 0. The molecule has 1 aromatic rings. The summed E-state index contributed by atoms with van der Waals surface area (Å²) in [4.78, 5) is 24.5. The Hall–Kier alpha value is -1.62. The highest BCUT2D eigenvalue weighted by molar-refractivity contribution is 6.04. The molecule has 2 aliphatic heterocycles. The molecule has 1 amide bonds. The number of hydrogen-bond donors (Lipinski definition) is 0. The van der Waals surface area contributed by atoms with Crippen LogP contribution in [-0.4, -0.2) is 54.6 Å². The second kappa shape index (κ2) is 7.81.